The average Bonchev–Trinajstić information content (AvgIpc) is 3.26. The Bertz CT molecular complexity index is 1100. The fourth-order valence-corrected chi connectivity index (χ4v) is 3.90. The third-order valence-electron chi connectivity index (χ3n) is 5.21. The number of carbonyl (C=O) groups is 1. The van der Waals surface area contributed by atoms with Crippen molar-refractivity contribution in [2.24, 2.45) is 0 Å². The summed E-state index contributed by atoms with van der Waals surface area (Å²) in [7, 11) is 3.09. The summed E-state index contributed by atoms with van der Waals surface area (Å²) in [4.78, 5) is 24.2. The number of nitrogens with zero attached hydrogens (tertiary/aromatic N) is 5. The number of thioether (sulfide) groups is 1. The zero-order chi connectivity index (χ0) is 22.5. The minimum atomic E-state index is -0.227. The lowest BCUT2D eigenvalue weighted by atomic mass is 10.1. The van der Waals surface area contributed by atoms with Crippen molar-refractivity contribution in [1.82, 2.24) is 25.1 Å². The summed E-state index contributed by atoms with van der Waals surface area (Å²) in [5, 5.41) is 9.02. The molecule has 32 heavy (non-hydrogen) atoms. The second-order valence-electron chi connectivity index (χ2n) is 7.06. The molecule has 0 unspecified atom stereocenters. The van der Waals surface area contributed by atoms with Crippen LogP contribution in [0.3, 0.4) is 0 Å². The number of carbonyl (C=O) groups excluding carboxylic acids is 1. The number of fused-ring (bicyclic) bond motifs is 1. The molecule has 3 heterocycles. The molecule has 1 fully saturated rings. The van der Waals surface area contributed by atoms with Crippen LogP contribution in [0.4, 0.5) is 5.82 Å². The number of hydrogen-bond donors (Lipinski definition) is 1. The van der Waals surface area contributed by atoms with Crippen LogP contribution in [0.25, 0.3) is 11.0 Å². The van der Waals surface area contributed by atoms with Gasteiger partial charge in [0.15, 0.2) is 10.8 Å². The van der Waals surface area contributed by atoms with Crippen LogP contribution in [-0.4, -0.2) is 79.0 Å². The summed E-state index contributed by atoms with van der Waals surface area (Å²) in [6.45, 7) is 3.78. The average molecular weight is 459 g/mol. The minimum absolute atomic E-state index is 0.227. The number of benzene rings is 1. The molecule has 0 saturated carbocycles. The third kappa shape index (κ3) is 4.58. The van der Waals surface area contributed by atoms with E-state index in [1.807, 2.05) is 6.26 Å². The summed E-state index contributed by atoms with van der Waals surface area (Å²) in [6, 6.07) is 5.10. The van der Waals surface area contributed by atoms with Crippen LogP contribution in [0.2, 0.25) is 0 Å². The molecular formula is C21H26N6O4S. The molecule has 10 nitrogen and oxygen atoms in total. The molecule has 0 atom stereocenters. The van der Waals surface area contributed by atoms with Crippen molar-refractivity contribution < 1.29 is 19.0 Å². The van der Waals surface area contributed by atoms with Crippen LogP contribution >= 0.6 is 11.8 Å². The Kier molecular flexibility index (Phi) is 6.96. The van der Waals surface area contributed by atoms with Crippen LogP contribution in [0.5, 0.6) is 11.5 Å². The Morgan fingerprint density at radius 1 is 1.22 bits per heavy atom. The van der Waals surface area contributed by atoms with Crippen molar-refractivity contribution in [2.45, 2.75) is 11.7 Å². The molecule has 1 aliphatic heterocycles. The lowest BCUT2D eigenvalue weighted by Gasteiger charge is -2.28. The number of hydrogen-bond acceptors (Lipinski definition) is 9. The Morgan fingerprint density at radius 2 is 2.03 bits per heavy atom. The highest BCUT2D eigenvalue weighted by molar-refractivity contribution is 7.98. The van der Waals surface area contributed by atoms with E-state index >= 15 is 0 Å². The molecule has 2 aromatic heterocycles. The van der Waals surface area contributed by atoms with E-state index in [-0.39, 0.29) is 5.91 Å². The van der Waals surface area contributed by atoms with E-state index in [9.17, 15) is 4.79 Å². The number of ether oxygens (including phenoxy) is 3. The zero-order valence-corrected chi connectivity index (χ0v) is 19.1. The van der Waals surface area contributed by atoms with Crippen LogP contribution in [0, 0.1) is 0 Å². The Labute approximate surface area is 190 Å². The van der Waals surface area contributed by atoms with Gasteiger partial charge in [-0.05, 0) is 18.4 Å². The summed E-state index contributed by atoms with van der Waals surface area (Å²) >= 11 is 1.49. The van der Waals surface area contributed by atoms with Gasteiger partial charge in [0.1, 0.15) is 17.3 Å². The standard InChI is InChI=1S/C21H26N6O4S/c1-29-14-4-5-15(17(12-14)30-2)20(28)22-6-7-27-19-16(13-23-27)18(24-21(25-19)32-3)26-8-10-31-11-9-26/h4-5,12-13H,6-11H2,1-3H3,(H,22,28). The summed E-state index contributed by atoms with van der Waals surface area (Å²) in [5.74, 6) is 1.73. The van der Waals surface area contributed by atoms with Crippen molar-refractivity contribution in [3.8, 4) is 11.5 Å². The number of aromatic nitrogens is 4. The van der Waals surface area contributed by atoms with Gasteiger partial charge in [0.2, 0.25) is 0 Å². The van der Waals surface area contributed by atoms with Crippen LogP contribution in [0.1, 0.15) is 10.4 Å². The van der Waals surface area contributed by atoms with Crippen molar-refractivity contribution in [3.63, 3.8) is 0 Å². The maximum Gasteiger partial charge on any atom is 0.255 e. The lowest BCUT2D eigenvalue weighted by molar-refractivity contribution is 0.0949. The molecule has 0 bridgehead atoms. The van der Waals surface area contributed by atoms with Gasteiger partial charge in [-0.1, -0.05) is 11.8 Å². The molecule has 4 rings (SSSR count). The molecule has 170 valence electrons. The highest BCUT2D eigenvalue weighted by Gasteiger charge is 2.20. The summed E-state index contributed by atoms with van der Waals surface area (Å²) < 4.78 is 17.8. The van der Waals surface area contributed by atoms with Crippen molar-refractivity contribution in [3.05, 3.63) is 30.0 Å². The normalized spacial score (nSPS) is 13.9. The Hall–Kier alpha value is -3.05. The van der Waals surface area contributed by atoms with E-state index in [0.29, 0.717) is 48.5 Å². The predicted molar refractivity (Wildman–Crippen MR) is 122 cm³/mol. The van der Waals surface area contributed by atoms with Crippen molar-refractivity contribution >= 4 is 34.5 Å². The fraction of sp³-hybridized carbons (Fsp3) is 0.429. The first-order valence-corrected chi connectivity index (χ1v) is 11.5. The van der Waals surface area contributed by atoms with Crippen LogP contribution in [0.15, 0.2) is 29.6 Å². The fourth-order valence-electron chi connectivity index (χ4n) is 3.55. The second-order valence-corrected chi connectivity index (χ2v) is 7.83. The highest BCUT2D eigenvalue weighted by Crippen LogP contribution is 2.27. The third-order valence-corrected chi connectivity index (χ3v) is 5.76. The van der Waals surface area contributed by atoms with Gasteiger partial charge in [-0.3, -0.25) is 4.79 Å². The molecule has 0 radical (unpaired) electrons. The molecule has 1 N–H and O–H groups in total. The van der Waals surface area contributed by atoms with Gasteiger partial charge in [-0.25, -0.2) is 14.6 Å². The van der Waals surface area contributed by atoms with Crippen LogP contribution in [-0.2, 0) is 11.3 Å². The molecule has 3 aromatic rings. The quantitative estimate of drug-likeness (QED) is 0.400. The first kappa shape index (κ1) is 22.2. The maximum absolute atomic E-state index is 12.7. The molecule has 0 aliphatic carbocycles. The Morgan fingerprint density at radius 3 is 2.75 bits per heavy atom. The van der Waals surface area contributed by atoms with E-state index in [1.54, 1.807) is 36.2 Å². The Balaban J connectivity index is 1.50. The SMILES string of the molecule is COc1ccc(C(=O)NCCn2ncc3c(N4CCOCC4)nc(SC)nc32)c(OC)c1. The highest BCUT2D eigenvalue weighted by atomic mass is 32.2. The van der Waals surface area contributed by atoms with E-state index in [1.165, 1.54) is 18.9 Å². The topological polar surface area (TPSA) is 104 Å². The van der Waals surface area contributed by atoms with E-state index < -0.39 is 0 Å². The number of amides is 1. The van der Waals surface area contributed by atoms with Gasteiger partial charge in [0.05, 0.1) is 51.1 Å². The van der Waals surface area contributed by atoms with Crippen molar-refractivity contribution in [1.29, 1.82) is 0 Å². The molecule has 1 amide bonds. The molecule has 1 aromatic carbocycles. The largest absolute Gasteiger partial charge is 0.497 e. The monoisotopic (exact) mass is 458 g/mol. The summed E-state index contributed by atoms with van der Waals surface area (Å²) in [6.07, 6.45) is 3.74. The molecule has 1 aliphatic rings. The van der Waals surface area contributed by atoms with E-state index in [0.717, 1.165) is 29.9 Å². The number of methoxy groups -OCH3 is 2. The molecule has 0 spiro atoms. The first-order chi connectivity index (χ1) is 15.6. The van der Waals surface area contributed by atoms with Gasteiger partial charge in [0.25, 0.3) is 5.91 Å². The predicted octanol–water partition coefficient (Wildman–Crippen LogP) is 1.83. The van der Waals surface area contributed by atoms with Gasteiger partial charge >= 0.3 is 0 Å². The zero-order valence-electron chi connectivity index (χ0n) is 18.3. The minimum Gasteiger partial charge on any atom is -0.497 e. The van der Waals surface area contributed by atoms with Gasteiger partial charge < -0.3 is 24.4 Å². The van der Waals surface area contributed by atoms with Gasteiger partial charge in [-0.15, -0.1) is 0 Å². The molecular weight excluding hydrogens is 432 g/mol. The molecule has 1 saturated heterocycles. The second kappa shape index (κ2) is 10.0. The number of rotatable bonds is 8. The maximum atomic E-state index is 12.7. The van der Waals surface area contributed by atoms with E-state index in [4.69, 9.17) is 19.2 Å². The smallest absolute Gasteiger partial charge is 0.255 e. The molecule has 11 heteroatoms. The van der Waals surface area contributed by atoms with Crippen molar-refractivity contribution in [2.75, 3.05) is 58.2 Å². The number of morpholine rings is 1. The first-order valence-electron chi connectivity index (χ1n) is 10.2. The van der Waals surface area contributed by atoms with Crippen LogP contribution < -0.4 is 19.7 Å². The van der Waals surface area contributed by atoms with Gasteiger partial charge in [-0.2, -0.15) is 5.10 Å². The lowest BCUT2D eigenvalue weighted by Crippen LogP contribution is -2.37. The van der Waals surface area contributed by atoms with Gasteiger partial charge in [0, 0.05) is 25.7 Å². The number of anilines is 1. The number of nitrogens with one attached hydrogen (secondary N) is 1. The van der Waals surface area contributed by atoms with E-state index in [2.05, 4.69) is 20.3 Å². The summed E-state index contributed by atoms with van der Waals surface area (Å²) in [5.41, 5.74) is 1.20.